The summed E-state index contributed by atoms with van der Waals surface area (Å²) in [7, 11) is 0. The monoisotopic (exact) mass is 275 g/mol. The van der Waals surface area contributed by atoms with Gasteiger partial charge in [0.05, 0.1) is 24.8 Å². The number of nitriles is 1. The van der Waals surface area contributed by atoms with Crippen molar-refractivity contribution in [3.8, 4) is 6.07 Å². The van der Waals surface area contributed by atoms with Crippen LogP contribution in [0.5, 0.6) is 0 Å². The van der Waals surface area contributed by atoms with Crippen LogP contribution in [0.4, 0.5) is 10.1 Å². The number of nitrogens with zero attached hydrogens (tertiary/aromatic N) is 2. The maximum absolute atomic E-state index is 13.3. The van der Waals surface area contributed by atoms with Crippen LogP contribution in [0.3, 0.4) is 0 Å². The van der Waals surface area contributed by atoms with Crippen LogP contribution in [-0.2, 0) is 9.59 Å². The highest BCUT2D eigenvalue weighted by molar-refractivity contribution is 6.17. The number of amides is 2. The average molecular weight is 275 g/mol. The molecule has 1 aromatic carbocycles. The van der Waals surface area contributed by atoms with Gasteiger partial charge >= 0.3 is 0 Å². The highest BCUT2D eigenvalue weighted by Crippen LogP contribution is 2.19. The van der Waals surface area contributed by atoms with E-state index in [4.69, 9.17) is 10.4 Å². The van der Waals surface area contributed by atoms with Crippen LogP contribution in [0, 0.1) is 17.1 Å². The van der Waals surface area contributed by atoms with Crippen LogP contribution in [-0.4, -0.2) is 35.0 Å². The summed E-state index contributed by atoms with van der Waals surface area (Å²) in [5.41, 5.74) is 0.259. The number of benzene rings is 1. The first-order valence-corrected chi connectivity index (χ1v) is 5.71. The summed E-state index contributed by atoms with van der Waals surface area (Å²) < 4.78 is 13.3. The van der Waals surface area contributed by atoms with Crippen LogP contribution in [0.1, 0.15) is 5.56 Å². The molecule has 0 saturated carbocycles. The third kappa shape index (κ3) is 2.65. The molecule has 1 aliphatic heterocycles. The fourth-order valence-corrected chi connectivity index (χ4v) is 1.79. The quantitative estimate of drug-likeness (QED) is 0.773. The molecule has 0 unspecified atom stereocenters. The van der Waals surface area contributed by atoms with E-state index in [-0.39, 0.29) is 30.1 Å². The Morgan fingerprint density at radius 2 is 2.10 bits per heavy atom. The molecule has 0 atom stereocenters. The summed E-state index contributed by atoms with van der Waals surface area (Å²) in [6, 6.07) is 5.30. The van der Waals surface area contributed by atoms with Gasteiger partial charge in [-0.2, -0.15) is 5.26 Å². The first-order chi connectivity index (χ1) is 9.55. The van der Waals surface area contributed by atoms with E-state index in [0.717, 1.165) is 23.1 Å². The Labute approximate surface area is 113 Å². The summed E-state index contributed by atoms with van der Waals surface area (Å²) in [5.74, 6) is -1.79. The molecular formula is C13H10FN3O3. The van der Waals surface area contributed by atoms with Gasteiger partial charge in [0, 0.05) is 11.8 Å². The lowest BCUT2D eigenvalue weighted by molar-refractivity contribution is -0.137. The lowest BCUT2D eigenvalue weighted by atomic mass is 10.2. The topological polar surface area (TPSA) is 93.4 Å². The number of nitrogens with one attached hydrogen (secondary N) is 1. The molecule has 0 fully saturated rings. The highest BCUT2D eigenvalue weighted by atomic mass is 19.1. The minimum atomic E-state index is -0.629. The van der Waals surface area contributed by atoms with Gasteiger partial charge in [0.2, 0.25) is 0 Å². The van der Waals surface area contributed by atoms with Crippen LogP contribution < -0.4 is 5.32 Å². The zero-order valence-electron chi connectivity index (χ0n) is 10.3. The minimum absolute atomic E-state index is 0.0297. The predicted molar refractivity (Wildman–Crippen MR) is 66.6 cm³/mol. The third-order valence-corrected chi connectivity index (χ3v) is 2.64. The Morgan fingerprint density at radius 1 is 1.35 bits per heavy atom. The Balaban J connectivity index is 2.21. The van der Waals surface area contributed by atoms with Crippen LogP contribution >= 0.6 is 0 Å². The summed E-state index contributed by atoms with van der Waals surface area (Å²) in [4.78, 5) is 24.2. The smallest absolute Gasteiger partial charge is 0.277 e. The summed E-state index contributed by atoms with van der Waals surface area (Å²) in [6.45, 7) is -0.441. The second kappa shape index (κ2) is 5.50. The van der Waals surface area contributed by atoms with Crippen molar-refractivity contribution in [3.63, 3.8) is 0 Å². The summed E-state index contributed by atoms with van der Waals surface area (Å²) >= 11 is 0. The van der Waals surface area contributed by atoms with Gasteiger partial charge in [-0.15, -0.1) is 0 Å². The number of carbonyl (C=O) groups excluding carboxylic acids is 2. The standard InChI is InChI=1S/C13H10FN3O3/c14-9-3-8(7-15)4-10(5-9)16-11-6-12(19)17(1-2-18)13(11)20/h3-6,16,18H,1-2H2. The van der Waals surface area contributed by atoms with Gasteiger partial charge in [-0.25, -0.2) is 4.39 Å². The Kier molecular flexibility index (Phi) is 3.77. The van der Waals surface area contributed by atoms with Gasteiger partial charge in [-0.3, -0.25) is 14.5 Å². The average Bonchev–Trinajstić information content (AvgIpc) is 2.66. The van der Waals surface area contributed by atoms with E-state index >= 15 is 0 Å². The minimum Gasteiger partial charge on any atom is -0.395 e. The first kappa shape index (κ1) is 13.7. The predicted octanol–water partition coefficient (Wildman–Crippen LogP) is 0.354. The maximum atomic E-state index is 13.3. The van der Waals surface area contributed by atoms with E-state index < -0.39 is 17.6 Å². The van der Waals surface area contributed by atoms with E-state index in [2.05, 4.69) is 5.32 Å². The van der Waals surface area contributed by atoms with Gasteiger partial charge < -0.3 is 10.4 Å². The molecule has 1 heterocycles. The SMILES string of the molecule is N#Cc1cc(F)cc(NC2=CC(=O)N(CCO)C2=O)c1. The van der Waals surface area contributed by atoms with E-state index in [9.17, 15) is 14.0 Å². The number of imide groups is 1. The molecule has 1 aliphatic rings. The number of anilines is 1. The van der Waals surface area contributed by atoms with Gasteiger partial charge in [0.15, 0.2) is 0 Å². The van der Waals surface area contributed by atoms with E-state index in [1.807, 2.05) is 0 Å². The molecule has 20 heavy (non-hydrogen) atoms. The zero-order chi connectivity index (χ0) is 14.7. The molecule has 0 saturated heterocycles. The van der Waals surface area contributed by atoms with Crippen molar-refractivity contribution in [2.75, 3.05) is 18.5 Å². The Hall–Kier alpha value is -2.72. The molecule has 2 N–H and O–H groups in total. The first-order valence-electron chi connectivity index (χ1n) is 5.71. The molecule has 102 valence electrons. The van der Waals surface area contributed by atoms with Crippen molar-refractivity contribution in [1.82, 2.24) is 4.90 Å². The van der Waals surface area contributed by atoms with Crippen molar-refractivity contribution in [2.24, 2.45) is 0 Å². The number of halogens is 1. The molecule has 0 bridgehead atoms. The zero-order valence-corrected chi connectivity index (χ0v) is 10.3. The second-order valence-corrected chi connectivity index (χ2v) is 4.04. The second-order valence-electron chi connectivity index (χ2n) is 4.04. The molecule has 0 radical (unpaired) electrons. The third-order valence-electron chi connectivity index (χ3n) is 2.64. The molecule has 1 aromatic rings. The Bertz CT molecular complexity index is 649. The molecule has 7 heteroatoms. The molecule has 2 rings (SSSR count). The van der Waals surface area contributed by atoms with Gasteiger partial charge in [0.1, 0.15) is 11.5 Å². The Morgan fingerprint density at radius 3 is 2.75 bits per heavy atom. The lowest BCUT2D eigenvalue weighted by Crippen LogP contribution is -2.34. The summed E-state index contributed by atoms with van der Waals surface area (Å²) in [6.07, 6.45) is 1.06. The van der Waals surface area contributed by atoms with E-state index in [1.165, 1.54) is 6.07 Å². The van der Waals surface area contributed by atoms with Crippen molar-refractivity contribution < 1.29 is 19.1 Å². The number of carbonyl (C=O) groups is 2. The molecular weight excluding hydrogens is 265 g/mol. The molecule has 0 aromatic heterocycles. The number of hydrogen-bond acceptors (Lipinski definition) is 5. The van der Waals surface area contributed by atoms with E-state index in [1.54, 1.807) is 6.07 Å². The molecule has 2 amide bonds. The normalized spacial score (nSPS) is 14.2. The van der Waals surface area contributed by atoms with E-state index in [0.29, 0.717) is 0 Å². The summed E-state index contributed by atoms with van der Waals surface area (Å²) in [5, 5.41) is 20.1. The van der Waals surface area contributed by atoms with Gasteiger partial charge in [-0.1, -0.05) is 0 Å². The lowest BCUT2D eigenvalue weighted by Gasteiger charge is -2.13. The van der Waals surface area contributed by atoms with Crippen LogP contribution in [0.2, 0.25) is 0 Å². The van der Waals surface area contributed by atoms with Crippen LogP contribution in [0.25, 0.3) is 0 Å². The molecule has 0 aliphatic carbocycles. The van der Waals surface area contributed by atoms with Crippen molar-refractivity contribution >= 4 is 17.5 Å². The fourth-order valence-electron chi connectivity index (χ4n) is 1.79. The molecule has 0 spiro atoms. The highest BCUT2D eigenvalue weighted by Gasteiger charge is 2.30. The number of β-amino-alcohol motifs (C(OH)–C–C–N with tert-alkyl or cyclic N) is 1. The van der Waals surface area contributed by atoms with Gasteiger partial charge in [-0.05, 0) is 18.2 Å². The number of rotatable bonds is 4. The molecule has 6 nitrogen and oxygen atoms in total. The maximum Gasteiger partial charge on any atom is 0.277 e. The van der Waals surface area contributed by atoms with Crippen molar-refractivity contribution in [2.45, 2.75) is 0 Å². The number of aliphatic hydroxyl groups excluding tert-OH is 1. The largest absolute Gasteiger partial charge is 0.395 e. The van der Waals surface area contributed by atoms with Crippen molar-refractivity contribution in [3.05, 3.63) is 41.4 Å². The van der Waals surface area contributed by atoms with Crippen molar-refractivity contribution in [1.29, 1.82) is 5.26 Å². The van der Waals surface area contributed by atoms with Gasteiger partial charge in [0.25, 0.3) is 11.8 Å². The fraction of sp³-hybridized carbons (Fsp3) is 0.154. The van der Waals surface area contributed by atoms with Crippen LogP contribution in [0.15, 0.2) is 30.0 Å². The number of aliphatic hydroxyl groups is 1. The number of hydrogen-bond donors (Lipinski definition) is 2.